The van der Waals surface area contributed by atoms with E-state index in [0.29, 0.717) is 6.04 Å². The molecule has 0 heterocycles. The molecular formula is C11H22N2O2. The molecule has 0 bridgehead atoms. The van der Waals surface area contributed by atoms with Gasteiger partial charge in [0.2, 0.25) is 5.91 Å². The van der Waals surface area contributed by atoms with Gasteiger partial charge in [0.1, 0.15) is 6.10 Å². The van der Waals surface area contributed by atoms with E-state index in [1.54, 1.807) is 6.92 Å². The van der Waals surface area contributed by atoms with Gasteiger partial charge >= 0.3 is 0 Å². The average molecular weight is 214 g/mol. The Morgan fingerprint density at radius 1 is 1.47 bits per heavy atom. The second-order valence-electron chi connectivity index (χ2n) is 4.21. The first-order valence-corrected chi connectivity index (χ1v) is 5.81. The third-order valence-corrected chi connectivity index (χ3v) is 2.96. The highest BCUT2D eigenvalue weighted by Gasteiger charge is 2.23. The van der Waals surface area contributed by atoms with Crippen LogP contribution in [0.15, 0.2) is 0 Å². The van der Waals surface area contributed by atoms with E-state index in [4.69, 9.17) is 10.5 Å². The molecule has 1 rings (SSSR count). The summed E-state index contributed by atoms with van der Waals surface area (Å²) >= 11 is 0. The molecule has 1 aliphatic carbocycles. The number of hydrogen-bond acceptors (Lipinski definition) is 3. The van der Waals surface area contributed by atoms with Crippen LogP contribution >= 0.6 is 0 Å². The minimum atomic E-state index is -0.453. The highest BCUT2D eigenvalue weighted by Crippen LogP contribution is 2.22. The third-order valence-electron chi connectivity index (χ3n) is 2.96. The third kappa shape index (κ3) is 4.18. The van der Waals surface area contributed by atoms with Crippen LogP contribution in [-0.2, 0) is 9.53 Å². The SMILES string of the molecule is CCNC1CCC(OC(C)C(N)=O)CC1. The molecule has 1 aliphatic rings. The van der Waals surface area contributed by atoms with Gasteiger partial charge in [-0.3, -0.25) is 4.79 Å². The molecule has 0 radical (unpaired) electrons. The van der Waals surface area contributed by atoms with Crippen molar-refractivity contribution in [3.63, 3.8) is 0 Å². The first-order chi connectivity index (χ1) is 7.13. The smallest absolute Gasteiger partial charge is 0.246 e. The molecule has 0 aromatic carbocycles. The highest BCUT2D eigenvalue weighted by atomic mass is 16.5. The second-order valence-corrected chi connectivity index (χ2v) is 4.21. The predicted octanol–water partition coefficient (Wildman–Crippen LogP) is 0.797. The minimum Gasteiger partial charge on any atom is -0.367 e. The molecule has 3 N–H and O–H groups in total. The van der Waals surface area contributed by atoms with E-state index in [2.05, 4.69) is 12.2 Å². The van der Waals surface area contributed by atoms with Crippen molar-refractivity contribution >= 4 is 5.91 Å². The first kappa shape index (κ1) is 12.5. The van der Waals surface area contributed by atoms with Crippen molar-refractivity contribution in [2.75, 3.05) is 6.54 Å². The van der Waals surface area contributed by atoms with Gasteiger partial charge < -0.3 is 15.8 Å². The van der Waals surface area contributed by atoms with Crippen LogP contribution in [0.3, 0.4) is 0 Å². The number of primary amides is 1. The van der Waals surface area contributed by atoms with Gasteiger partial charge in [0.25, 0.3) is 0 Å². The lowest BCUT2D eigenvalue weighted by molar-refractivity contribution is -0.133. The molecule has 0 aromatic rings. The average Bonchev–Trinajstić information content (AvgIpc) is 2.21. The minimum absolute atomic E-state index is 0.211. The fourth-order valence-corrected chi connectivity index (χ4v) is 2.05. The molecule has 15 heavy (non-hydrogen) atoms. The van der Waals surface area contributed by atoms with Crippen molar-refractivity contribution in [1.82, 2.24) is 5.32 Å². The Labute approximate surface area is 91.5 Å². The summed E-state index contributed by atoms with van der Waals surface area (Å²) in [5, 5.41) is 3.43. The van der Waals surface area contributed by atoms with Gasteiger partial charge in [0.05, 0.1) is 6.10 Å². The number of ether oxygens (including phenoxy) is 1. The maximum Gasteiger partial charge on any atom is 0.246 e. The topological polar surface area (TPSA) is 64.3 Å². The second kappa shape index (κ2) is 6.08. The van der Waals surface area contributed by atoms with E-state index >= 15 is 0 Å². The predicted molar refractivity (Wildman–Crippen MR) is 59.5 cm³/mol. The number of carbonyl (C=O) groups is 1. The molecule has 1 unspecified atom stereocenters. The fraction of sp³-hybridized carbons (Fsp3) is 0.909. The molecule has 0 aromatic heterocycles. The summed E-state index contributed by atoms with van der Waals surface area (Å²) in [6.07, 6.45) is 4.06. The number of amides is 1. The van der Waals surface area contributed by atoms with Crippen molar-refractivity contribution in [2.45, 2.75) is 57.8 Å². The van der Waals surface area contributed by atoms with Gasteiger partial charge in [0.15, 0.2) is 0 Å². The van der Waals surface area contributed by atoms with Gasteiger partial charge in [0, 0.05) is 6.04 Å². The monoisotopic (exact) mass is 214 g/mol. The highest BCUT2D eigenvalue weighted by molar-refractivity contribution is 5.78. The van der Waals surface area contributed by atoms with Gasteiger partial charge in [-0.1, -0.05) is 6.92 Å². The normalized spacial score (nSPS) is 28.7. The summed E-state index contributed by atoms with van der Waals surface area (Å²) in [5.41, 5.74) is 5.15. The number of nitrogens with two attached hydrogens (primary N) is 1. The van der Waals surface area contributed by atoms with Gasteiger partial charge in [-0.25, -0.2) is 0 Å². The van der Waals surface area contributed by atoms with E-state index < -0.39 is 6.10 Å². The number of rotatable bonds is 5. The largest absolute Gasteiger partial charge is 0.367 e. The summed E-state index contributed by atoms with van der Waals surface area (Å²) in [7, 11) is 0. The van der Waals surface area contributed by atoms with Crippen LogP contribution in [0.5, 0.6) is 0 Å². The van der Waals surface area contributed by atoms with Crippen LogP contribution in [0.2, 0.25) is 0 Å². The summed E-state index contributed by atoms with van der Waals surface area (Å²) in [5.74, 6) is -0.371. The zero-order valence-corrected chi connectivity index (χ0v) is 9.66. The van der Waals surface area contributed by atoms with Crippen molar-refractivity contribution < 1.29 is 9.53 Å². The standard InChI is InChI=1S/C11H22N2O2/c1-3-13-9-4-6-10(7-5-9)15-8(2)11(12)14/h8-10,13H,3-7H2,1-2H3,(H2,12,14). The van der Waals surface area contributed by atoms with Crippen molar-refractivity contribution in [1.29, 1.82) is 0 Å². The number of nitrogens with one attached hydrogen (secondary N) is 1. The fourth-order valence-electron chi connectivity index (χ4n) is 2.05. The Bertz CT molecular complexity index is 201. The lowest BCUT2D eigenvalue weighted by Crippen LogP contribution is -2.38. The Balaban J connectivity index is 2.22. The van der Waals surface area contributed by atoms with E-state index in [1.807, 2.05) is 0 Å². The molecule has 0 aliphatic heterocycles. The molecule has 4 nitrogen and oxygen atoms in total. The Morgan fingerprint density at radius 3 is 2.53 bits per heavy atom. The zero-order valence-electron chi connectivity index (χ0n) is 9.66. The Hall–Kier alpha value is -0.610. The number of carbonyl (C=O) groups excluding carboxylic acids is 1. The van der Waals surface area contributed by atoms with E-state index in [-0.39, 0.29) is 12.0 Å². The molecule has 1 fully saturated rings. The van der Waals surface area contributed by atoms with Crippen LogP contribution in [-0.4, -0.2) is 30.7 Å². The zero-order chi connectivity index (χ0) is 11.3. The van der Waals surface area contributed by atoms with E-state index in [0.717, 1.165) is 32.2 Å². The summed E-state index contributed by atoms with van der Waals surface area (Å²) in [6, 6.07) is 0.624. The van der Waals surface area contributed by atoms with Crippen LogP contribution in [0.4, 0.5) is 0 Å². The van der Waals surface area contributed by atoms with Gasteiger partial charge in [-0.05, 0) is 39.2 Å². The quantitative estimate of drug-likeness (QED) is 0.711. The van der Waals surface area contributed by atoms with Crippen LogP contribution in [0.1, 0.15) is 39.5 Å². The Morgan fingerprint density at radius 2 is 2.07 bits per heavy atom. The van der Waals surface area contributed by atoms with Gasteiger partial charge in [-0.2, -0.15) is 0 Å². The molecule has 1 saturated carbocycles. The van der Waals surface area contributed by atoms with Crippen LogP contribution in [0, 0.1) is 0 Å². The summed E-state index contributed by atoms with van der Waals surface area (Å²) in [6.45, 7) is 4.87. The Kier molecular flexibility index (Phi) is 5.05. The molecule has 1 atom stereocenters. The van der Waals surface area contributed by atoms with Crippen molar-refractivity contribution in [2.24, 2.45) is 5.73 Å². The molecule has 1 amide bonds. The lowest BCUT2D eigenvalue weighted by atomic mass is 9.93. The van der Waals surface area contributed by atoms with Crippen LogP contribution < -0.4 is 11.1 Å². The summed E-state index contributed by atoms with van der Waals surface area (Å²) in [4.78, 5) is 10.8. The van der Waals surface area contributed by atoms with E-state index in [1.165, 1.54) is 0 Å². The van der Waals surface area contributed by atoms with Crippen molar-refractivity contribution in [3.8, 4) is 0 Å². The summed E-state index contributed by atoms with van der Waals surface area (Å²) < 4.78 is 5.58. The lowest BCUT2D eigenvalue weighted by Gasteiger charge is -2.30. The van der Waals surface area contributed by atoms with Crippen LogP contribution in [0.25, 0.3) is 0 Å². The number of hydrogen-bond donors (Lipinski definition) is 2. The first-order valence-electron chi connectivity index (χ1n) is 5.81. The molecule has 0 saturated heterocycles. The van der Waals surface area contributed by atoms with Gasteiger partial charge in [-0.15, -0.1) is 0 Å². The van der Waals surface area contributed by atoms with E-state index in [9.17, 15) is 4.79 Å². The maximum atomic E-state index is 10.8. The molecule has 4 heteroatoms. The van der Waals surface area contributed by atoms with Crippen molar-refractivity contribution in [3.05, 3.63) is 0 Å². The molecule has 0 spiro atoms. The molecule has 88 valence electrons. The molecular weight excluding hydrogens is 192 g/mol. The maximum absolute atomic E-state index is 10.8.